The maximum atomic E-state index is 12.6. The molecule has 5 nitrogen and oxygen atoms in total. The molecule has 1 saturated carbocycles. The molecule has 1 aliphatic heterocycles. The predicted molar refractivity (Wildman–Crippen MR) is 85.4 cm³/mol. The second-order valence-electron chi connectivity index (χ2n) is 6.74. The molecule has 2 aliphatic rings. The Labute approximate surface area is 136 Å². The van der Waals surface area contributed by atoms with Crippen molar-refractivity contribution in [2.75, 3.05) is 20.2 Å². The van der Waals surface area contributed by atoms with Crippen molar-refractivity contribution < 1.29 is 19.4 Å². The summed E-state index contributed by atoms with van der Waals surface area (Å²) in [7, 11) is 1.60. The molecule has 23 heavy (non-hydrogen) atoms. The largest absolute Gasteiger partial charge is 0.496 e. The minimum absolute atomic E-state index is 0.0108. The van der Waals surface area contributed by atoms with E-state index >= 15 is 0 Å². The summed E-state index contributed by atoms with van der Waals surface area (Å²) in [5.41, 5.74) is 1.94. The molecule has 1 heterocycles. The number of likely N-dealkylation sites (tertiary alicyclic amines) is 1. The summed E-state index contributed by atoms with van der Waals surface area (Å²) in [5, 5.41) is 9.41. The highest BCUT2D eigenvalue weighted by Gasteiger charge is 2.46. The lowest BCUT2D eigenvalue weighted by atomic mass is 9.92. The topological polar surface area (TPSA) is 66.8 Å². The fraction of sp³-hybridized carbons (Fsp3) is 0.556. The highest BCUT2D eigenvalue weighted by atomic mass is 16.5. The first kappa shape index (κ1) is 15.8. The van der Waals surface area contributed by atoms with Crippen LogP contribution in [0.5, 0.6) is 5.75 Å². The molecule has 0 spiro atoms. The number of carbonyl (C=O) groups excluding carboxylic acids is 1. The SMILES string of the molecule is COc1ccc(C)cc1CC(=O)N1C[C@H](C(=O)O)[C@@H](C2CC2)C1. The summed E-state index contributed by atoms with van der Waals surface area (Å²) < 4.78 is 5.33. The smallest absolute Gasteiger partial charge is 0.308 e. The van der Waals surface area contributed by atoms with E-state index in [0.717, 1.165) is 24.0 Å². The van der Waals surface area contributed by atoms with Crippen molar-refractivity contribution in [1.82, 2.24) is 4.90 Å². The normalized spacial score (nSPS) is 23.8. The zero-order valence-corrected chi connectivity index (χ0v) is 13.6. The standard InChI is InChI=1S/C18H23NO4/c1-11-3-6-16(23-2)13(7-11)8-17(20)19-9-14(12-4-5-12)15(10-19)18(21)22/h3,6-7,12,14-15H,4-5,8-10H2,1-2H3,(H,21,22)/t14-,15+/m1/s1. The van der Waals surface area contributed by atoms with Gasteiger partial charge in [0.05, 0.1) is 19.4 Å². The molecule has 1 aromatic carbocycles. The second kappa shape index (κ2) is 6.22. The van der Waals surface area contributed by atoms with E-state index in [-0.39, 0.29) is 18.2 Å². The molecule has 0 radical (unpaired) electrons. The molecule has 1 N–H and O–H groups in total. The van der Waals surface area contributed by atoms with Crippen LogP contribution in [0.2, 0.25) is 0 Å². The summed E-state index contributed by atoms with van der Waals surface area (Å²) in [4.78, 5) is 25.8. The number of benzene rings is 1. The lowest BCUT2D eigenvalue weighted by molar-refractivity contribution is -0.142. The van der Waals surface area contributed by atoms with Crippen LogP contribution in [0.1, 0.15) is 24.0 Å². The quantitative estimate of drug-likeness (QED) is 0.903. The molecule has 2 atom stereocenters. The van der Waals surface area contributed by atoms with E-state index in [2.05, 4.69) is 0 Å². The number of ether oxygens (including phenoxy) is 1. The fourth-order valence-electron chi connectivity index (χ4n) is 3.62. The Balaban J connectivity index is 1.71. The fourth-order valence-corrected chi connectivity index (χ4v) is 3.62. The van der Waals surface area contributed by atoms with Crippen molar-refractivity contribution >= 4 is 11.9 Å². The third kappa shape index (κ3) is 3.33. The minimum Gasteiger partial charge on any atom is -0.496 e. The first-order valence-electron chi connectivity index (χ1n) is 8.13. The first-order valence-corrected chi connectivity index (χ1v) is 8.13. The average molecular weight is 317 g/mol. The van der Waals surface area contributed by atoms with Gasteiger partial charge in [-0.3, -0.25) is 9.59 Å². The maximum absolute atomic E-state index is 12.6. The molecule has 1 aliphatic carbocycles. The highest BCUT2D eigenvalue weighted by molar-refractivity contribution is 5.81. The monoisotopic (exact) mass is 317 g/mol. The van der Waals surface area contributed by atoms with Gasteiger partial charge in [0, 0.05) is 18.7 Å². The summed E-state index contributed by atoms with van der Waals surface area (Å²) in [5.74, 6) is 0.120. The van der Waals surface area contributed by atoms with Gasteiger partial charge in [0.25, 0.3) is 0 Å². The molecule has 1 aromatic rings. The Hall–Kier alpha value is -2.04. The van der Waals surface area contributed by atoms with E-state index in [1.54, 1.807) is 12.0 Å². The van der Waals surface area contributed by atoms with E-state index in [1.807, 2.05) is 25.1 Å². The average Bonchev–Trinajstić information content (AvgIpc) is 3.25. The number of aryl methyl sites for hydroxylation is 1. The third-order valence-electron chi connectivity index (χ3n) is 5.04. The van der Waals surface area contributed by atoms with Crippen LogP contribution in [-0.2, 0) is 16.0 Å². The molecule has 3 rings (SSSR count). The van der Waals surface area contributed by atoms with E-state index in [4.69, 9.17) is 4.74 Å². The summed E-state index contributed by atoms with van der Waals surface area (Å²) in [6.45, 7) is 2.89. The number of nitrogens with zero attached hydrogens (tertiary/aromatic N) is 1. The lowest BCUT2D eigenvalue weighted by Gasteiger charge is -2.17. The molecular weight excluding hydrogens is 294 g/mol. The Morgan fingerprint density at radius 3 is 2.65 bits per heavy atom. The van der Waals surface area contributed by atoms with Gasteiger partial charge >= 0.3 is 5.97 Å². The number of aliphatic carboxylic acids is 1. The molecule has 1 amide bonds. The molecular formula is C18H23NO4. The van der Waals surface area contributed by atoms with Gasteiger partial charge in [-0.15, -0.1) is 0 Å². The molecule has 5 heteroatoms. The zero-order chi connectivity index (χ0) is 16.6. The van der Waals surface area contributed by atoms with Crippen molar-refractivity contribution in [1.29, 1.82) is 0 Å². The second-order valence-corrected chi connectivity index (χ2v) is 6.74. The van der Waals surface area contributed by atoms with Crippen LogP contribution in [0, 0.1) is 24.7 Å². The van der Waals surface area contributed by atoms with Crippen LogP contribution in [0.15, 0.2) is 18.2 Å². The summed E-state index contributed by atoms with van der Waals surface area (Å²) in [6.07, 6.45) is 2.46. The maximum Gasteiger partial charge on any atom is 0.308 e. The van der Waals surface area contributed by atoms with Gasteiger partial charge in [-0.2, -0.15) is 0 Å². The van der Waals surface area contributed by atoms with Gasteiger partial charge in [0.2, 0.25) is 5.91 Å². The zero-order valence-electron chi connectivity index (χ0n) is 13.6. The van der Waals surface area contributed by atoms with E-state index in [0.29, 0.717) is 24.8 Å². The Morgan fingerprint density at radius 1 is 1.30 bits per heavy atom. The van der Waals surface area contributed by atoms with Gasteiger partial charge in [-0.05, 0) is 37.7 Å². The number of hydrogen-bond acceptors (Lipinski definition) is 3. The number of amides is 1. The summed E-state index contributed by atoms with van der Waals surface area (Å²) in [6, 6.07) is 5.78. The van der Waals surface area contributed by atoms with E-state index in [9.17, 15) is 14.7 Å². The van der Waals surface area contributed by atoms with Crippen LogP contribution >= 0.6 is 0 Å². The van der Waals surface area contributed by atoms with E-state index in [1.165, 1.54) is 0 Å². The van der Waals surface area contributed by atoms with Crippen LogP contribution < -0.4 is 4.74 Å². The predicted octanol–water partition coefficient (Wildman–Crippen LogP) is 2.12. The Morgan fingerprint density at radius 2 is 2.04 bits per heavy atom. The van der Waals surface area contributed by atoms with Crippen molar-refractivity contribution in [2.24, 2.45) is 17.8 Å². The number of carbonyl (C=O) groups is 2. The van der Waals surface area contributed by atoms with Crippen LogP contribution in [0.25, 0.3) is 0 Å². The van der Waals surface area contributed by atoms with Gasteiger partial charge in [0.1, 0.15) is 5.75 Å². The van der Waals surface area contributed by atoms with Crippen molar-refractivity contribution in [3.8, 4) is 5.75 Å². The molecule has 2 fully saturated rings. The Bertz CT molecular complexity index is 623. The van der Waals surface area contributed by atoms with Crippen molar-refractivity contribution in [2.45, 2.75) is 26.2 Å². The lowest BCUT2D eigenvalue weighted by Crippen LogP contribution is -2.31. The number of methoxy groups -OCH3 is 1. The number of carboxylic acid groups (broad SMARTS) is 1. The summed E-state index contributed by atoms with van der Waals surface area (Å²) >= 11 is 0. The van der Waals surface area contributed by atoms with Gasteiger partial charge < -0.3 is 14.7 Å². The van der Waals surface area contributed by atoms with Crippen LogP contribution in [0.3, 0.4) is 0 Å². The molecule has 0 bridgehead atoms. The number of rotatable bonds is 5. The van der Waals surface area contributed by atoms with Gasteiger partial charge in [-0.25, -0.2) is 0 Å². The van der Waals surface area contributed by atoms with E-state index < -0.39 is 11.9 Å². The number of carboxylic acids is 1. The van der Waals surface area contributed by atoms with Crippen molar-refractivity contribution in [3.05, 3.63) is 29.3 Å². The first-order chi connectivity index (χ1) is 11.0. The van der Waals surface area contributed by atoms with Gasteiger partial charge in [-0.1, -0.05) is 17.7 Å². The highest BCUT2D eigenvalue weighted by Crippen LogP contribution is 2.44. The number of hydrogen-bond donors (Lipinski definition) is 1. The molecule has 1 saturated heterocycles. The molecule has 0 unspecified atom stereocenters. The van der Waals surface area contributed by atoms with Crippen LogP contribution in [0.4, 0.5) is 0 Å². The molecule has 0 aromatic heterocycles. The van der Waals surface area contributed by atoms with Crippen LogP contribution in [-0.4, -0.2) is 42.1 Å². The Kier molecular flexibility index (Phi) is 4.28. The third-order valence-corrected chi connectivity index (χ3v) is 5.04. The molecule has 124 valence electrons. The minimum atomic E-state index is -0.773. The van der Waals surface area contributed by atoms with Crippen molar-refractivity contribution in [3.63, 3.8) is 0 Å². The van der Waals surface area contributed by atoms with Gasteiger partial charge in [0.15, 0.2) is 0 Å².